The fourth-order valence-electron chi connectivity index (χ4n) is 3.75. The van der Waals surface area contributed by atoms with Gasteiger partial charge in [0.2, 0.25) is 5.75 Å². The van der Waals surface area contributed by atoms with Gasteiger partial charge in [0.05, 0.1) is 18.5 Å². The molecule has 0 saturated carbocycles. The Balaban J connectivity index is 1.66. The number of nitrogens with zero attached hydrogens (tertiary/aromatic N) is 2. The van der Waals surface area contributed by atoms with Gasteiger partial charge in [0.15, 0.2) is 17.3 Å². The van der Waals surface area contributed by atoms with Crippen molar-refractivity contribution in [1.82, 2.24) is 14.9 Å². The van der Waals surface area contributed by atoms with Gasteiger partial charge < -0.3 is 24.2 Å². The molecule has 12 heteroatoms. The van der Waals surface area contributed by atoms with Gasteiger partial charge in [-0.2, -0.15) is 0 Å². The van der Waals surface area contributed by atoms with Gasteiger partial charge in [0, 0.05) is 6.54 Å². The van der Waals surface area contributed by atoms with E-state index in [-0.39, 0.29) is 66.8 Å². The van der Waals surface area contributed by atoms with Crippen molar-refractivity contribution < 1.29 is 32.6 Å². The topological polar surface area (TPSA) is 129 Å². The third-order valence-corrected chi connectivity index (χ3v) is 7.14. The second-order valence-electron chi connectivity index (χ2n) is 8.01. The van der Waals surface area contributed by atoms with E-state index in [9.17, 15) is 23.4 Å². The fourth-order valence-corrected chi connectivity index (χ4v) is 5.04. The van der Waals surface area contributed by atoms with Gasteiger partial charge in [-0.15, -0.1) is 0 Å². The maximum Gasteiger partial charge on any atom is 0.359 e. The molecular formula is C25H25FN3O7P. The molecule has 1 atom stereocenters. The number of fused-ring (bicyclic) bond motifs is 1. The molecule has 4 rings (SSSR count). The first-order valence-corrected chi connectivity index (χ1v) is 13.0. The highest BCUT2D eigenvalue weighted by molar-refractivity contribution is 7.61. The quantitative estimate of drug-likeness (QED) is 0.405. The van der Waals surface area contributed by atoms with Crippen LogP contribution >= 0.6 is 7.60 Å². The van der Waals surface area contributed by atoms with Crippen molar-refractivity contribution in [2.24, 2.45) is 0 Å². The Morgan fingerprint density at radius 1 is 1.30 bits per heavy atom. The van der Waals surface area contributed by atoms with E-state index in [1.807, 2.05) is 18.2 Å². The van der Waals surface area contributed by atoms with Crippen LogP contribution in [0, 0.1) is 5.82 Å². The van der Waals surface area contributed by atoms with Crippen molar-refractivity contribution in [3.63, 3.8) is 0 Å². The van der Waals surface area contributed by atoms with Crippen LogP contribution in [0.3, 0.4) is 0 Å². The van der Waals surface area contributed by atoms with Crippen LogP contribution < -0.4 is 20.9 Å². The zero-order chi connectivity index (χ0) is 26.6. The summed E-state index contributed by atoms with van der Waals surface area (Å²) in [6, 6.07) is 12.3. The molecule has 1 aliphatic rings. The Labute approximate surface area is 211 Å². The molecule has 10 nitrogen and oxygen atoms in total. The van der Waals surface area contributed by atoms with E-state index in [0.29, 0.717) is 0 Å². The first kappa shape index (κ1) is 26.3. The highest BCUT2D eigenvalue weighted by Crippen LogP contribution is 2.41. The second kappa shape index (κ2) is 11.1. The monoisotopic (exact) mass is 529 g/mol. The van der Waals surface area contributed by atoms with Crippen LogP contribution in [0.2, 0.25) is 0 Å². The Kier molecular flexibility index (Phi) is 7.87. The Morgan fingerprint density at radius 3 is 2.78 bits per heavy atom. The van der Waals surface area contributed by atoms with Gasteiger partial charge >= 0.3 is 7.60 Å². The van der Waals surface area contributed by atoms with Gasteiger partial charge in [0.25, 0.3) is 11.5 Å². The molecule has 194 valence electrons. The van der Waals surface area contributed by atoms with Gasteiger partial charge in [-0.05, 0) is 30.2 Å². The summed E-state index contributed by atoms with van der Waals surface area (Å²) in [6.45, 7) is 5.35. The number of aromatic nitrogens is 2. The van der Waals surface area contributed by atoms with Gasteiger partial charge in [-0.25, -0.2) is 9.37 Å². The standard InChI is InChI=1S/C25H25FN3O7P/c1-3-36-37(32,33)20-13-19(26)10-9-18(20)14-27-24(30)21-22(35-15-17-7-5-4-6-8-17)25(31)29-11-12-34-16(2)23(29)28-21/h4-10,13H,2-3,11-12,14-15H2,1H3,(H,27,30)(H,32,33). The molecule has 1 unspecified atom stereocenters. The molecule has 0 bridgehead atoms. The molecule has 0 saturated heterocycles. The molecule has 3 aromatic rings. The number of rotatable bonds is 9. The number of halogens is 1. The molecule has 0 aliphatic carbocycles. The number of carbonyl (C=O) groups excluding carboxylic acids is 1. The summed E-state index contributed by atoms with van der Waals surface area (Å²) in [7, 11) is -4.34. The van der Waals surface area contributed by atoms with E-state index in [1.54, 1.807) is 12.1 Å². The summed E-state index contributed by atoms with van der Waals surface area (Å²) in [6.07, 6.45) is 0. The summed E-state index contributed by atoms with van der Waals surface area (Å²) in [4.78, 5) is 41.1. The zero-order valence-corrected chi connectivity index (χ0v) is 20.9. The van der Waals surface area contributed by atoms with Crippen molar-refractivity contribution in [3.8, 4) is 5.75 Å². The van der Waals surface area contributed by atoms with Crippen molar-refractivity contribution in [2.75, 3.05) is 13.2 Å². The minimum atomic E-state index is -4.34. The molecule has 2 N–H and O–H groups in total. The lowest BCUT2D eigenvalue weighted by Crippen LogP contribution is -2.36. The van der Waals surface area contributed by atoms with Crippen LogP contribution in [-0.2, 0) is 33.5 Å². The molecule has 1 aliphatic heterocycles. The SMILES string of the molecule is C=C1OCCn2c1nc(C(=O)NCc1ccc(F)cc1P(=O)(O)OCC)c(OCc1ccccc1)c2=O. The van der Waals surface area contributed by atoms with Gasteiger partial charge in [0.1, 0.15) is 19.0 Å². The highest BCUT2D eigenvalue weighted by atomic mass is 31.2. The first-order chi connectivity index (χ1) is 17.7. The Bertz CT molecular complexity index is 1440. The molecule has 2 heterocycles. The molecule has 0 radical (unpaired) electrons. The van der Waals surface area contributed by atoms with Crippen LogP contribution in [0.25, 0.3) is 5.76 Å². The summed E-state index contributed by atoms with van der Waals surface area (Å²) >= 11 is 0. The fraction of sp³-hybridized carbons (Fsp3) is 0.240. The van der Waals surface area contributed by atoms with E-state index in [1.165, 1.54) is 17.6 Å². The second-order valence-corrected chi connectivity index (χ2v) is 9.79. The Morgan fingerprint density at radius 2 is 2.05 bits per heavy atom. The average Bonchev–Trinajstić information content (AvgIpc) is 2.88. The van der Waals surface area contributed by atoms with E-state index in [0.717, 1.165) is 17.7 Å². The minimum absolute atomic E-state index is 0.0129. The van der Waals surface area contributed by atoms with Crippen molar-refractivity contribution in [1.29, 1.82) is 0 Å². The maximum absolute atomic E-state index is 13.8. The molecule has 1 amide bonds. The van der Waals surface area contributed by atoms with Gasteiger partial charge in [-0.3, -0.25) is 18.7 Å². The average molecular weight is 529 g/mol. The highest BCUT2D eigenvalue weighted by Gasteiger charge is 2.29. The summed E-state index contributed by atoms with van der Waals surface area (Å²) in [5, 5.41) is 2.28. The van der Waals surface area contributed by atoms with Crippen LogP contribution in [-0.4, -0.2) is 33.6 Å². The summed E-state index contributed by atoms with van der Waals surface area (Å²) < 4.78 is 43.8. The lowest BCUT2D eigenvalue weighted by molar-refractivity contribution is 0.0938. The number of amides is 1. The number of nitrogens with one attached hydrogen (secondary N) is 1. The number of hydrogen-bond acceptors (Lipinski definition) is 7. The number of hydrogen-bond donors (Lipinski definition) is 2. The van der Waals surface area contributed by atoms with Crippen LogP contribution in [0.5, 0.6) is 5.75 Å². The number of carbonyl (C=O) groups is 1. The zero-order valence-electron chi connectivity index (χ0n) is 20.0. The van der Waals surface area contributed by atoms with Crippen LogP contribution in [0.4, 0.5) is 4.39 Å². The lowest BCUT2D eigenvalue weighted by Gasteiger charge is -2.22. The minimum Gasteiger partial charge on any atom is -0.488 e. The summed E-state index contributed by atoms with van der Waals surface area (Å²) in [5.41, 5.74) is 0.0474. The number of benzene rings is 2. The van der Waals surface area contributed by atoms with Gasteiger partial charge in [-0.1, -0.05) is 43.0 Å². The largest absolute Gasteiger partial charge is 0.488 e. The Hall–Kier alpha value is -3.79. The molecule has 0 spiro atoms. The predicted octanol–water partition coefficient (Wildman–Crippen LogP) is 2.74. The third kappa shape index (κ3) is 5.80. The van der Waals surface area contributed by atoms with Crippen molar-refractivity contribution in [3.05, 3.63) is 93.9 Å². The first-order valence-electron chi connectivity index (χ1n) is 11.4. The molecule has 2 aromatic carbocycles. The molecule has 1 aromatic heterocycles. The van der Waals surface area contributed by atoms with E-state index >= 15 is 0 Å². The third-order valence-electron chi connectivity index (χ3n) is 5.50. The number of ether oxygens (including phenoxy) is 2. The lowest BCUT2D eigenvalue weighted by atomic mass is 10.2. The molecule has 0 fully saturated rings. The van der Waals surface area contributed by atoms with Crippen molar-refractivity contribution in [2.45, 2.75) is 26.6 Å². The predicted molar refractivity (Wildman–Crippen MR) is 133 cm³/mol. The normalized spacial score (nSPS) is 14.3. The van der Waals surface area contributed by atoms with Crippen LogP contribution in [0.15, 0.2) is 59.9 Å². The van der Waals surface area contributed by atoms with E-state index in [4.69, 9.17) is 14.0 Å². The van der Waals surface area contributed by atoms with E-state index in [2.05, 4.69) is 16.9 Å². The van der Waals surface area contributed by atoms with Crippen LogP contribution in [0.1, 0.15) is 34.4 Å². The van der Waals surface area contributed by atoms with Crippen molar-refractivity contribution >= 4 is 24.6 Å². The maximum atomic E-state index is 13.8. The molecule has 37 heavy (non-hydrogen) atoms. The summed E-state index contributed by atoms with van der Waals surface area (Å²) in [5.74, 6) is -1.57. The smallest absolute Gasteiger partial charge is 0.359 e. The molecular weight excluding hydrogens is 504 g/mol. The van der Waals surface area contributed by atoms with E-state index < -0.39 is 24.9 Å².